The third-order valence-electron chi connectivity index (χ3n) is 13.3. The van der Waals surface area contributed by atoms with E-state index in [9.17, 15) is 4.79 Å². The molecule has 2 bridgehead atoms. The van der Waals surface area contributed by atoms with Crippen LogP contribution >= 0.6 is 0 Å². The Morgan fingerprint density at radius 3 is 1.43 bits per heavy atom. The maximum absolute atomic E-state index is 13.7. The summed E-state index contributed by atoms with van der Waals surface area (Å²) in [5.41, 5.74) is 0. The first-order chi connectivity index (χ1) is 21.7. The van der Waals surface area contributed by atoms with Gasteiger partial charge >= 0.3 is 0 Å². The van der Waals surface area contributed by atoms with Gasteiger partial charge in [0.1, 0.15) is 24.4 Å². The number of rotatable bonds is 11. The largest absolute Gasteiger partial charge is 0.414 e. The summed E-state index contributed by atoms with van der Waals surface area (Å²) in [6, 6.07) is 0. The van der Waals surface area contributed by atoms with Gasteiger partial charge in [-0.3, -0.25) is 4.79 Å². The topological polar surface area (TPSA) is 81.7 Å². The van der Waals surface area contributed by atoms with Crippen molar-refractivity contribution < 1.29 is 36.7 Å². The van der Waals surface area contributed by atoms with Crippen molar-refractivity contribution in [3.8, 4) is 0 Å². The van der Waals surface area contributed by atoms with Crippen LogP contribution in [-0.4, -0.2) is 95.2 Å². The number of hydrogen-bond donors (Lipinski definition) is 0. The summed E-state index contributed by atoms with van der Waals surface area (Å²) in [4.78, 5) is 13.7. The van der Waals surface area contributed by atoms with Crippen molar-refractivity contribution in [1.29, 1.82) is 0 Å². The molecule has 3 saturated heterocycles. The van der Waals surface area contributed by atoms with E-state index in [1.807, 2.05) is 0 Å². The van der Waals surface area contributed by atoms with Gasteiger partial charge < -0.3 is 31.9 Å². The lowest BCUT2D eigenvalue weighted by atomic mass is 9.84. The van der Waals surface area contributed by atoms with Crippen molar-refractivity contribution >= 4 is 39.1 Å². The molecule has 0 N–H and O–H groups in total. The van der Waals surface area contributed by atoms with Crippen molar-refractivity contribution in [2.45, 2.75) is 211 Å². The maximum atomic E-state index is 13.7. The molecule has 12 heteroatoms. The normalized spacial score (nSPS) is 31.4. The van der Waals surface area contributed by atoms with Gasteiger partial charge in [-0.25, -0.2) is 0 Å². The Kier molecular flexibility index (Phi) is 12.9. The summed E-state index contributed by atoms with van der Waals surface area (Å²) in [5, 5.41) is -0.0712. The van der Waals surface area contributed by atoms with Gasteiger partial charge in [0.2, 0.25) is 0 Å². The molecule has 0 aromatic carbocycles. The monoisotopic (exact) mass is 760 g/mol. The van der Waals surface area contributed by atoms with E-state index in [1.165, 1.54) is 0 Å². The quantitative estimate of drug-likeness (QED) is 0.193. The molecule has 0 aromatic rings. The van der Waals surface area contributed by atoms with E-state index in [0.717, 1.165) is 0 Å². The highest BCUT2D eigenvalue weighted by atomic mass is 28.4. The standard InChI is InChI=1S/C37H76O8Si4/c1-34(2,3)46(13,14)40-24-28-32(44-48(17,18)36(7,8)9)33(45-49(19,20)37(10,11)12)31(43-47(15,16)35(4,5)6)26(41-28)21-25-22-29-39-23-27(42-29)30(25)38/h25-29,31-33H,21-24H2,1-20H3/t25-,26+,27-,28-,29-,31+,32+,33-/m1/s1. The van der Waals surface area contributed by atoms with Crippen LogP contribution in [0.5, 0.6) is 0 Å². The van der Waals surface area contributed by atoms with Crippen molar-refractivity contribution in [3.05, 3.63) is 0 Å². The van der Waals surface area contributed by atoms with Gasteiger partial charge in [0, 0.05) is 12.3 Å². The van der Waals surface area contributed by atoms with Gasteiger partial charge in [0.25, 0.3) is 0 Å². The number of fused-ring (bicyclic) bond motifs is 2. The summed E-state index contributed by atoms with van der Waals surface area (Å²) in [7, 11) is -9.22. The highest BCUT2D eigenvalue weighted by Gasteiger charge is 2.57. The van der Waals surface area contributed by atoms with Crippen molar-refractivity contribution in [1.82, 2.24) is 0 Å². The van der Waals surface area contributed by atoms with Crippen LogP contribution in [0, 0.1) is 5.92 Å². The summed E-state index contributed by atoms with van der Waals surface area (Å²) in [6.07, 6.45) is -1.75. The SMILES string of the molecule is CC(C)(C)[Si](C)(C)OC[C@H]1O[C@@H](C[C@@H]2C[C@@H]3OC[C@@H](O3)C2=O)[C@H](O[Si](C)(C)C(C)(C)C)[C@@H](O[Si](C)(C)C(C)(C)C)[C@H]1O[Si](C)(C)C(C)(C)C. The number of ether oxygens (including phenoxy) is 3. The average molecular weight is 761 g/mol. The molecule has 3 aliphatic rings. The first-order valence-electron chi connectivity index (χ1n) is 18.8. The third-order valence-corrected chi connectivity index (χ3v) is 31.2. The summed E-state index contributed by atoms with van der Waals surface area (Å²) >= 11 is 0. The second-order valence-corrected chi connectivity index (χ2v) is 40.3. The van der Waals surface area contributed by atoms with Gasteiger partial charge in [-0.05, 0) is 78.9 Å². The predicted molar refractivity (Wildman–Crippen MR) is 210 cm³/mol. The lowest BCUT2D eigenvalue weighted by Gasteiger charge is -2.55. The Morgan fingerprint density at radius 2 is 1.00 bits per heavy atom. The second kappa shape index (κ2) is 14.5. The molecule has 8 nitrogen and oxygen atoms in total. The Bertz CT molecular complexity index is 1150. The molecule has 0 saturated carbocycles. The highest BCUT2D eigenvalue weighted by Crippen LogP contribution is 2.47. The first-order valence-corrected chi connectivity index (χ1v) is 30.5. The molecular weight excluding hydrogens is 685 g/mol. The maximum Gasteiger partial charge on any atom is 0.192 e. The van der Waals surface area contributed by atoms with Crippen LogP contribution in [0.15, 0.2) is 0 Å². The molecule has 0 unspecified atom stereocenters. The van der Waals surface area contributed by atoms with Crippen molar-refractivity contribution in [2.75, 3.05) is 13.2 Å². The third kappa shape index (κ3) is 9.88. The van der Waals surface area contributed by atoms with Crippen LogP contribution in [0.2, 0.25) is 72.5 Å². The van der Waals surface area contributed by atoms with Gasteiger partial charge in [-0.15, -0.1) is 0 Å². The molecule has 0 aromatic heterocycles. The Morgan fingerprint density at radius 1 is 0.592 bits per heavy atom. The molecule has 8 atom stereocenters. The fourth-order valence-corrected chi connectivity index (χ4v) is 10.6. The Balaban J connectivity index is 2.23. The first kappa shape index (κ1) is 43.7. The molecule has 0 amide bonds. The smallest absolute Gasteiger partial charge is 0.192 e. The Hall–Kier alpha value is 0.258. The molecule has 3 rings (SSSR count). The Labute approximate surface area is 305 Å². The van der Waals surface area contributed by atoms with Crippen LogP contribution in [0.3, 0.4) is 0 Å². The minimum absolute atomic E-state index is 0.0280. The minimum Gasteiger partial charge on any atom is -0.414 e. The van der Waals surface area contributed by atoms with E-state index in [0.29, 0.717) is 26.1 Å². The number of Topliss-reactive ketones (excluding diaryl/α,β-unsaturated/α-hetero) is 1. The molecule has 3 fully saturated rings. The van der Waals surface area contributed by atoms with E-state index < -0.39 is 51.6 Å². The number of carbonyl (C=O) groups excluding carboxylic acids is 1. The highest BCUT2D eigenvalue weighted by molar-refractivity contribution is 6.75. The molecule has 0 spiro atoms. The number of hydrogen-bond acceptors (Lipinski definition) is 8. The second-order valence-electron chi connectivity index (χ2n) is 21.3. The van der Waals surface area contributed by atoms with Crippen LogP contribution in [0.1, 0.15) is 95.9 Å². The zero-order valence-electron chi connectivity index (χ0n) is 35.2. The zero-order valence-corrected chi connectivity index (χ0v) is 39.2. The number of ketones is 1. The summed E-state index contributed by atoms with van der Waals surface area (Å²) in [5.74, 6) is -0.130. The van der Waals surface area contributed by atoms with Gasteiger partial charge in [0.05, 0.1) is 25.4 Å². The molecular formula is C37H76O8Si4. The molecule has 49 heavy (non-hydrogen) atoms. The van der Waals surface area contributed by atoms with Crippen molar-refractivity contribution in [2.24, 2.45) is 5.92 Å². The van der Waals surface area contributed by atoms with E-state index >= 15 is 0 Å². The fourth-order valence-electron chi connectivity index (χ4n) is 5.62. The van der Waals surface area contributed by atoms with Crippen LogP contribution in [0.25, 0.3) is 0 Å². The van der Waals surface area contributed by atoms with E-state index in [2.05, 4.69) is 135 Å². The van der Waals surface area contributed by atoms with Crippen LogP contribution < -0.4 is 0 Å². The predicted octanol–water partition coefficient (Wildman–Crippen LogP) is 9.67. The summed E-state index contributed by atoms with van der Waals surface area (Å²) in [6.45, 7) is 46.6. The fraction of sp³-hybridized carbons (Fsp3) is 0.973. The van der Waals surface area contributed by atoms with Crippen molar-refractivity contribution in [3.63, 3.8) is 0 Å². The number of carbonyl (C=O) groups is 1. The lowest BCUT2D eigenvalue weighted by molar-refractivity contribution is -0.221. The van der Waals surface area contributed by atoms with Gasteiger partial charge in [-0.2, -0.15) is 0 Å². The average Bonchev–Trinajstić information content (AvgIpc) is 3.30. The van der Waals surface area contributed by atoms with E-state index in [-0.39, 0.29) is 56.5 Å². The van der Waals surface area contributed by atoms with Crippen LogP contribution in [0.4, 0.5) is 0 Å². The molecule has 3 aliphatic heterocycles. The van der Waals surface area contributed by atoms with E-state index in [4.69, 9.17) is 31.9 Å². The molecule has 0 radical (unpaired) electrons. The molecule has 0 aliphatic carbocycles. The van der Waals surface area contributed by atoms with E-state index in [1.54, 1.807) is 0 Å². The van der Waals surface area contributed by atoms with Crippen LogP contribution in [-0.2, 0) is 36.7 Å². The summed E-state index contributed by atoms with van der Waals surface area (Å²) < 4.78 is 48.5. The van der Waals surface area contributed by atoms with Gasteiger partial charge in [0.15, 0.2) is 45.3 Å². The zero-order chi connectivity index (χ0) is 38.0. The molecule has 3 heterocycles. The minimum atomic E-state index is -2.37. The van der Waals surface area contributed by atoms with Gasteiger partial charge in [-0.1, -0.05) is 83.1 Å². The lowest BCUT2D eigenvalue weighted by Crippen LogP contribution is -2.68. The molecule has 288 valence electrons.